The Labute approximate surface area is 119 Å². The van der Waals surface area contributed by atoms with Gasteiger partial charge in [0.2, 0.25) is 5.88 Å². The summed E-state index contributed by atoms with van der Waals surface area (Å²) in [6.45, 7) is 3.54. The minimum atomic E-state index is 0.0831. The summed E-state index contributed by atoms with van der Waals surface area (Å²) in [7, 11) is 3.54. The maximum absolute atomic E-state index is 9.00. The van der Waals surface area contributed by atoms with Crippen LogP contribution in [-0.2, 0) is 26.7 Å². The highest BCUT2D eigenvalue weighted by Crippen LogP contribution is 2.20. The van der Waals surface area contributed by atoms with Crippen LogP contribution in [0.4, 0.5) is 0 Å². The molecule has 0 aliphatic carbocycles. The van der Waals surface area contributed by atoms with E-state index in [1.54, 1.807) is 11.8 Å². The Morgan fingerprint density at radius 3 is 2.45 bits per heavy atom. The van der Waals surface area contributed by atoms with Crippen molar-refractivity contribution in [1.29, 1.82) is 0 Å². The minimum absolute atomic E-state index is 0.0831. The summed E-state index contributed by atoms with van der Waals surface area (Å²) in [6, 6.07) is 7.91. The molecular weight excluding hydrogens is 254 g/mol. The molecule has 2 aromatic rings. The lowest BCUT2D eigenvalue weighted by Gasteiger charge is -2.07. The van der Waals surface area contributed by atoms with Gasteiger partial charge in [0.05, 0.1) is 25.0 Å². The van der Waals surface area contributed by atoms with Gasteiger partial charge in [-0.3, -0.25) is 0 Å². The predicted octanol–water partition coefficient (Wildman–Crippen LogP) is 1.52. The second kappa shape index (κ2) is 6.54. The van der Waals surface area contributed by atoms with E-state index >= 15 is 0 Å². The second-order valence-corrected chi connectivity index (χ2v) is 4.78. The van der Waals surface area contributed by atoms with Gasteiger partial charge in [-0.2, -0.15) is 5.10 Å². The average Bonchev–Trinajstić information content (AvgIpc) is 2.73. The van der Waals surface area contributed by atoms with Crippen molar-refractivity contribution in [2.45, 2.75) is 26.6 Å². The monoisotopic (exact) mass is 275 g/mol. The molecule has 0 unspecified atom stereocenters. The molecule has 0 aliphatic rings. The largest absolute Gasteiger partial charge is 0.481 e. The van der Waals surface area contributed by atoms with Crippen molar-refractivity contribution < 1.29 is 9.84 Å². The fourth-order valence-electron chi connectivity index (χ4n) is 2.23. The molecule has 108 valence electrons. The number of benzene rings is 1. The summed E-state index contributed by atoms with van der Waals surface area (Å²) in [5.74, 6) is 0.797. The molecule has 20 heavy (non-hydrogen) atoms. The van der Waals surface area contributed by atoms with E-state index in [9.17, 15) is 0 Å². The van der Waals surface area contributed by atoms with Crippen LogP contribution in [0.1, 0.15) is 22.4 Å². The number of ether oxygens (including phenoxy) is 1. The van der Waals surface area contributed by atoms with Gasteiger partial charge in [0.15, 0.2) is 0 Å². The standard InChI is InChI=1S/C15H21N3O2/c1-11-14(15(20-3)18(2)17-11)9-16-8-12-4-6-13(10-19)7-5-12/h4-7,16,19H,8-10H2,1-3H3. The number of nitrogens with zero attached hydrogens (tertiary/aromatic N) is 2. The van der Waals surface area contributed by atoms with Crippen molar-refractivity contribution >= 4 is 0 Å². The van der Waals surface area contributed by atoms with E-state index in [4.69, 9.17) is 9.84 Å². The maximum Gasteiger partial charge on any atom is 0.216 e. The molecule has 2 rings (SSSR count). The molecular formula is C15H21N3O2. The van der Waals surface area contributed by atoms with E-state index in [2.05, 4.69) is 10.4 Å². The molecule has 0 aliphatic heterocycles. The Morgan fingerprint density at radius 2 is 1.85 bits per heavy atom. The second-order valence-electron chi connectivity index (χ2n) is 4.78. The zero-order valence-electron chi connectivity index (χ0n) is 12.2. The van der Waals surface area contributed by atoms with Gasteiger partial charge < -0.3 is 15.2 Å². The van der Waals surface area contributed by atoms with E-state index < -0.39 is 0 Å². The Balaban J connectivity index is 1.95. The van der Waals surface area contributed by atoms with Gasteiger partial charge in [-0.25, -0.2) is 4.68 Å². The van der Waals surface area contributed by atoms with E-state index in [1.807, 2.05) is 38.2 Å². The first-order valence-electron chi connectivity index (χ1n) is 6.61. The summed E-state index contributed by atoms with van der Waals surface area (Å²) in [6.07, 6.45) is 0. The van der Waals surface area contributed by atoms with Crippen LogP contribution in [0.25, 0.3) is 0 Å². The maximum atomic E-state index is 9.00. The van der Waals surface area contributed by atoms with Gasteiger partial charge in [-0.15, -0.1) is 0 Å². The third kappa shape index (κ3) is 3.18. The minimum Gasteiger partial charge on any atom is -0.481 e. The summed E-state index contributed by atoms with van der Waals surface area (Å²) >= 11 is 0. The van der Waals surface area contributed by atoms with Crippen LogP contribution < -0.4 is 10.1 Å². The molecule has 0 fully saturated rings. The van der Waals surface area contributed by atoms with Crippen LogP contribution in [0.15, 0.2) is 24.3 Å². The lowest BCUT2D eigenvalue weighted by Crippen LogP contribution is -2.13. The number of hydrogen-bond donors (Lipinski definition) is 2. The summed E-state index contributed by atoms with van der Waals surface area (Å²) in [5, 5.41) is 16.7. The number of aliphatic hydroxyl groups excluding tert-OH is 1. The Kier molecular flexibility index (Phi) is 4.76. The molecule has 0 saturated carbocycles. The molecule has 1 heterocycles. The van der Waals surface area contributed by atoms with Crippen LogP contribution in [-0.4, -0.2) is 22.0 Å². The van der Waals surface area contributed by atoms with Crippen LogP contribution in [0.2, 0.25) is 0 Å². The predicted molar refractivity (Wildman–Crippen MR) is 77.4 cm³/mol. The molecule has 0 saturated heterocycles. The number of rotatable bonds is 6. The van der Waals surface area contributed by atoms with Crippen LogP contribution >= 0.6 is 0 Å². The number of methoxy groups -OCH3 is 1. The third-order valence-electron chi connectivity index (χ3n) is 3.32. The zero-order valence-corrected chi connectivity index (χ0v) is 12.2. The highest BCUT2D eigenvalue weighted by atomic mass is 16.5. The SMILES string of the molecule is COc1c(CNCc2ccc(CO)cc2)c(C)nn1C. The molecule has 0 atom stereocenters. The van der Waals surface area contributed by atoms with Gasteiger partial charge in [0.25, 0.3) is 0 Å². The Hall–Kier alpha value is -1.85. The zero-order chi connectivity index (χ0) is 14.5. The summed E-state index contributed by atoms with van der Waals surface area (Å²) < 4.78 is 7.12. The van der Waals surface area contributed by atoms with Crippen LogP contribution in [0.5, 0.6) is 5.88 Å². The van der Waals surface area contributed by atoms with Crippen molar-refractivity contribution in [3.05, 3.63) is 46.6 Å². The molecule has 2 N–H and O–H groups in total. The first kappa shape index (κ1) is 14.6. The Bertz CT molecular complexity index is 561. The number of hydrogen-bond acceptors (Lipinski definition) is 4. The molecule has 0 radical (unpaired) electrons. The van der Waals surface area contributed by atoms with Crippen molar-refractivity contribution in [3.8, 4) is 5.88 Å². The van der Waals surface area contributed by atoms with Crippen molar-refractivity contribution in [2.75, 3.05) is 7.11 Å². The van der Waals surface area contributed by atoms with E-state index in [1.165, 1.54) is 5.56 Å². The Morgan fingerprint density at radius 1 is 1.20 bits per heavy atom. The van der Waals surface area contributed by atoms with E-state index in [0.717, 1.165) is 29.2 Å². The first-order valence-corrected chi connectivity index (χ1v) is 6.61. The van der Waals surface area contributed by atoms with Crippen molar-refractivity contribution in [3.63, 3.8) is 0 Å². The lowest BCUT2D eigenvalue weighted by molar-refractivity contribution is 0.282. The van der Waals surface area contributed by atoms with Gasteiger partial charge >= 0.3 is 0 Å². The average molecular weight is 275 g/mol. The molecule has 0 bridgehead atoms. The summed E-state index contributed by atoms with van der Waals surface area (Å²) in [5.41, 5.74) is 4.18. The number of nitrogens with one attached hydrogen (secondary N) is 1. The number of aryl methyl sites for hydroxylation is 2. The molecule has 0 spiro atoms. The van der Waals surface area contributed by atoms with Gasteiger partial charge in [0.1, 0.15) is 0 Å². The van der Waals surface area contributed by atoms with Gasteiger partial charge in [-0.05, 0) is 18.1 Å². The lowest BCUT2D eigenvalue weighted by atomic mass is 10.1. The van der Waals surface area contributed by atoms with E-state index in [0.29, 0.717) is 6.54 Å². The van der Waals surface area contributed by atoms with Crippen molar-refractivity contribution in [2.24, 2.45) is 7.05 Å². The third-order valence-corrected chi connectivity index (χ3v) is 3.32. The fourth-order valence-corrected chi connectivity index (χ4v) is 2.23. The van der Waals surface area contributed by atoms with Gasteiger partial charge in [-0.1, -0.05) is 24.3 Å². The van der Waals surface area contributed by atoms with Crippen molar-refractivity contribution in [1.82, 2.24) is 15.1 Å². The molecule has 1 aromatic heterocycles. The first-order chi connectivity index (χ1) is 9.65. The molecule has 5 nitrogen and oxygen atoms in total. The molecule has 5 heteroatoms. The smallest absolute Gasteiger partial charge is 0.216 e. The number of aromatic nitrogens is 2. The normalized spacial score (nSPS) is 10.8. The number of aliphatic hydroxyl groups is 1. The van der Waals surface area contributed by atoms with E-state index in [-0.39, 0.29) is 6.61 Å². The molecule has 1 aromatic carbocycles. The summed E-state index contributed by atoms with van der Waals surface area (Å²) in [4.78, 5) is 0. The van der Waals surface area contributed by atoms with Crippen LogP contribution in [0, 0.1) is 6.92 Å². The highest BCUT2D eigenvalue weighted by Gasteiger charge is 2.12. The quantitative estimate of drug-likeness (QED) is 0.839. The van der Waals surface area contributed by atoms with Gasteiger partial charge in [0, 0.05) is 20.1 Å². The highest BCUT2D eigenvalue weighted by molar-refractivity contribution is 5.31. The topological polar surface area (TPSA) is 59.3 Å². The molecule has 0 amide bonds. The fraction of sp³-hybridized carbons (Fsp3) is 0.400. The van der Waals surface area contributed by atoms with Crippen LogP contribution in [0.3, 0.4) is 0 Å².